The van der Waals surface area contributed by atoms with Gasteiger partial charge in [0.2, 0.25) is 5.91 Å². The minimum absolute atomic E-state index is 0.118. The van der Waals surface area contributed by atoms with E-state index in [-0.39, 0.29) is 23.3 Å². The summed E-state index contributed by atoms with van der Waals surface area (Å²) in [7, 11) is 0. The normalized spacial score (nSPS) is 11.1. The Balaban J connectivity index is 1.20. The van der Waals surface area contributed by atoms with E-state index in [1.165, 1.54) is 23.1 Å². The van der Waals surface area contributed by atoms with Crippen LogP contribution in [0, 0.1) is 13.8 Å². The summed E-state index contributed by atoms with van der Waals surface area (Å²) in [4.78, 5) is 45.3. The van der Waals surface area contributed by atoms with Crippen molar-refractivity contribution in [2.24, 2.45) is 0 Å². The molecule has 0 unspecified atom stereocenters. The fraction of sp³-hybridized carbons (Fsp3) is 0.0857. The summed E-state index contributed by atoms with van der Waals surface area (Å²) < 4.78 is 0. The first-order valence-electron chi connectivity index (χ1n) is 13.9. The summed E-state index contributed by atoms with van der Waals surface area (Å²) in [5.74, 6) is -0.779. The third kappa shape index (κ3) is 8.31. The van der Waals surface area contributed by atoms with Gasteiger partial charge >= 0.3 is 0 Å². The van der Waals surface area contributed by atoms with Gasteiger partial charge in [-0.2, -0.15) is 0 Å². The number of anilines is 2. The van der Waals surface area contributed by atoms with E-state index in [1.807, 2.05) is 86.6 Å². The largest absolute Gasteiger partial charge is 0.321 e. The van der Waals surface area contributed by atoms with Crippen LogP contribution in [-0.4, -0.2) is 28.5 Å². The molecule has 5 rings (SSSR count). The van der Waals surface area contributed by atoms with Crippen LogP contribution < -0.4 is 16.0 Å². The summed E-state index contributed by atoms with van der Waals surface area (Å²) in [6.07, 6.45) is 1.65. The SMILES string of the molecule is Cc1cccc(/C=C(\NC(=O)c2ccccc2)C(=O)Nc2ccc(SCC(=O)Nc3nc(-c4ccccc4)c(C)s3)cc2)c1. The summed E-state index contributed by atoms with van der Waals surface area (Å²) >= 11 is 2.83. The molecule has 0 aliphatic carbocycles. The van der Waals surface area contributed by atoms with Crippen molar-refractivity contribution < 1.29 is 14.4 Å². The molecule has 0 atom stereocenters. The van der Waals surface area contributed by atoms with Gasteiger partial charge in [0.1, 0.15) is 5.70 Å². The van der Waals surface area contributed by atoms with Crippen molar-refractivity contribution in [3.8, 4) is 11.3 Å². The summed E-state index contributed by atoms with van der Waals surface area (Å²) in [6, 6.07) is 33.5. The molecule has 0 aliphatic rings. The molecule has 5 aromatic rings. The second kappa shape index (κ2) is 14.5. The van der Waals surface area contributed by atoms with Crippen molar-refractivity contribution in [1.29, 1.82) is 0 Å². The Kier molecular flexibility index (Phi) is 10.0. The van der Waals surface area contributed by atoms with Gasteiger partial charge in [-0.05, 0) is 61.9 Å². The highest BCUT2D eigenvalue weighted by Crippen LogP contribution is 2.30. The number of nitrogens with zero attached hydrogens (tertiary/aromatic N) is 1. The first-order valence-corrected chi connectivity index (χ1v) is 15.7. The number of hydrogen-bond donors (Lipinski definition) is 3. The van der Waals surface area contributed by atoms with Gasteiger partial charge in [-0.15, -0.1) is 23.1 Å². The van der Waals surface area contributed by atoms with E-state index in [0.29, 0.717) is 16.4 Å². The van der Waals surface area contributed by atoms with Crippen LogP contribution in [0.1, 0.15) is 26.4 Å². The third-order valence-corrected chi connectivity index (χ3v) is 8.35. The average Bonchev–Trinajstić information content (AvgIpc) is 3.40. The van der Waals surface area contributed by atoms with Crippen LogP contribution >= 0.6 is 23.1 Å². The molecule has 3 amide bonds. The van der Waals surface area contributed by atoms with E-state index >= 15 is 0 Å². The number of hydrogen-bond acceptors (Lipinski definition) is 6. The first kappa shape index (κ1) is 30.5. The lowest BCUT2D eigenvalue weighted by molar-refractivity contribution is -0.114. The topological polar surface area (TPSA) is 100 Å². The summed E-state index contributed by atoms with van der Waals surface area (Å²) in [5.41, 5.74) is 4.83. The fourth-order valence-corrected chi connectivity index (χ4v) is 5.87. The molecule has 0 radical (unpaired) electrons. The zero-order chi connectivity index (χ0) is 30.9. The van der Waals surface area contributed by atoms with E-state index in [0.717, 1.165) is 32.2 Å². The molecule has 0 fully saturated rings. The van der Waals surface area contributed by atoms with Gasteiger partial charge in [0.05, 0.1) is 11.4 Å². The highest BCUT2D eigenvalue weighted by atomic mass is 32.2. The van der Waals surface area contributed by atoms with Gasteiger partial charge in [0, 0.05) is 26.6 Å². The predicted octanol–water partition coefficient (Wildman–Crippen LogP) is 7.57. The maximum Gasteiger partial charge on any atom is 0.272 e. The van der Waals surface area contributed by atoms with E-state index in [9.17, 15) is 14.4 Å². The predicted molar refractivity (Wildman–Crippen MR) is 180 cm³/mol. The molecular weight excluding hydrogens is 589 g/mol. The van der Waals surface area contributed by atoms with Crippen LogP contribution in [0.4, 0.5) is 10.8 Å². The van der Waals surface area contributed by atoms with Crippen LogP contribution in [0.5, 0.6) is 0 Å². The minimum atomic E-state index is -0.454. The van der Waals surface area contributed by atoms with Crippen molar-refractivity contribution in [1.82, 2.24) is 10.3 Å². The Bertz CT molecular complexity index is 1800. The lowest BCUT2D eigenvalue weighted by atomic mass is 10.1. The molecule has 220 valence electrons. The van der Waals surface area contributed by atoms with Gasteiger partial charge in [0.25, 0.3) is 11.8 Å². The van der Waals surface area contributed by atoms with Gasteiger partial charge in [-0.25, -0.2) is 4.98 Å². The molecule has 0 saturated carbocycles. The van der Waals surface area contributed by atoms with Gasteiger partial charge in [0.15, 0.2) is 5.13 Å². The van der Waals surface area contributed by atoms with E-state index < -0.39 is 5.91 Å². The Morgan fingerprint density at radius 1 is 0.818 bits per heavy atom. The van der Waals surface area contributed by atoms with Gasteiger partial charge in [-0.1, -0.05) is 78.4 Å². The number of benzene rings is 4. The summed E-state index contributed by atoms with van der Waals surface area (Å²) in [5, 5.41) is 9.08. The second-order valence-corrected chi connectivity index (χ2v) is 12.1. The Hall–Kier alpha value is -4.99. The standard InChI is InChI=1S/C35H30N4O3S2/c1-23-10-9-11-25(20-23)21-30(37-33(41)27-14-7-4-8-15-27)34(42)36-28-16-18-29(19-17-28)43-22-31(40)38-35-39-32(24(2)44-35)26-12-5-3-6-13-26/h3-21H,22H2,1-2H3,(H,36,42)(H,37,41)(H,38,39,40)/b30-21-. The Morgan fingerprint density at radius 2 is 1.52 bits per heavy atom. The highest BCUT2D eigenvalue weighted by Gasteiger charge is 2.16. The molecular formula is C35H30N4O3S2. The molecule has 44 heavy (non-hydrogen) atoms. The number of rotatable bonds is 10. The van der Waals surface area contributed by atoms with E-state index in [1.54, 1.807) is 42.5 Å². The molecule has 1 heterocycles. The first-order chi connectivity index (χ1) is 21.3. The van der Waals surface area contributed by atoms with Crippen LogP contribution in [-0.2, 0) is 9.59 Å². The van der Waals surface area contributed by atoms with E-state index in [2.05, 4.69) is 20.9 Å². The van der Waals surface area contributed by atoms with Crippen molar-refractivity contribution in [2.75, 3.05) is 16.4 Å². The van der Waals surface area contributed by atoms with Crippen LogP contribution in [0.25, 0.3) is 17.3 Å². The lowest BCUT2D eigenvalue weighted by Gasteiger charge is -2.12. The smallest absolute Gasteiger partial charge is 0.272 e. The minimum Gasteiger partial charge on any atom is -0.321 e. The van der Waals surface area contributed by atoms with Crippen molar-refractivity contribution in [3.05, 3.63) is 136 Å². The van der Waals surface area contributed by atoms with Crippen LogP contribution in [0.2, 0.25) is 0 Å². The number of aryl methyl sites for hydroxylation is 2. The quantitative estimate of drug-likeness (QED) is 0.111. The van der Waals surface area contributed by atoms with Crippen molar-refractivity contribution in [3.63, 3.8) is 0 Å². The van der Waals surface area contributed by atoms with Gasteiger partial charge in [-0.3, -0.25) is 14.4 Å². The number of carbonyl (C=O) groups is 3. The highest BCUT2D eigenvalue weighted by molar-refractivity contribution is 8.00. The van der Waals surface area contributed by atoms with Crippen molar-refractivity contribution in [2.45, 2.75) is 18.7 Å². The number of carbonyl (C=O) groups excluding carboxylic acids is 3. The third-order valence-electron chi connectivity index (χ3n) is 6.45. The summed E-state index contributed by atoms with van der Waals surface area (Å²) in [6.45, 7) is 3.95. The number of amides is 3. The number of thiazole rings is 1. The molecule has 1 aromatic heterocycles. The van der Waals surface area contributed by atoms with Crippen LogP contribution in [0.15, 0.2) is 120 Å². The maximum absolute atomic E-state index is 13.3. The molecule has 0 bridgehead atoms. The van der Waals surface area contributed by atoms with Crippen LogP contribution in [0.3, 0.4) is 0 Å². The molecule has 3 N–H and O–H groups in total. The second-order valence-electron chi connectivity index (χ2n) is 9.90. The molecule has 7 nitrogen and oxygen atoms in total. The molecule has 0 spiro atoms. The van der Waals surface area contributed by atoms with E-state index in [4.69, 9.17) is 0 Å². The van der Waals surface area contributed by atoms with Crippen molar-refractivity contribution >= 4 is 57.7 Å². The molecule has 9 heteroatoms. The number of thioether (sulfide) groups is 1. The number of nitrogens with one attached hydrogen (secondary N) is 3. The number of aromatic nitrogens is 1. The molecule has 0 saturated heterocycles. The zero-order valence-corrected chi connectivity index (χ0v) is 25.8. The van der Waals surface area contributed by atoms with Gasteiger partial charge < -0.3 is 16.0 Å². The average molecular weight is 619 g/mol. The molecule has 0 aliphatic heterocycles. The maximum atomic E-state index is 13.3. The zero-order valence-electron chi connectivity index (χ0n) is 24.2. The Morgan fingerprint density at radius 3 is 2.23 bits per heavy atom. The molecule has 4 aromatic carbocycles. The lowest BCUT2D eigenvalue weighted by Crippen LogP contribution is -2.30. The monoisotopic (exact) mass is 618 g/mol. The fourth-order valence-electron chi connectivity index (χ4n) is 4.32. The Labute approximate surface area is 264 Å².